The van der Waals surface area contributed by atoms with Gasteiger partial charge in [-0.1, -0.05) is 19.8 Å². The molecule has 0 aliphatic heterocycles. The molecule has 0 bridgehead atoms. The first-order valence-corrected chi connectivity index (χ1v) is 7.39. The third-order valence-corrected chi connectivity index (χ3v) is 4.56. The Morgan fingerprint density at radius 3 is 2.95 bits per heavy atom. The molecule has 2 N–H and O–H groups in total. The number of rotatable bonds is 5. The Morgan fingerprint density at radius 2 is 2.37 bits per heavy atom. The number of aromatic nitrogens is 2. The number of imidazole rings is 1. The minimum absolute atomic E-state index is 0.317. The van der Waals surface area contributed by atoms with Crippen LogP contribution in [0.4, 0.5) is 0 Å². The molecule has 1 aliphatic carbocycles. The van der Waals surface area contributed by atoms with Crippen molar-refractivity contribution in [3.8, 4) is 0 Å². The molecule has 108 valence electrons. The molecular formula is C15H28N4. The molecule has 0 aromatic carbocycles. The van der Waals surface area contributed by atoms with Crippen molar-refractivity contribution >= 4 is 0 Å². The first-order chi connectivity index (χ1) is 9.04. The zero-order valence-corrected chi connectivity index (χ0v) is 12.6. The monoisotopic (exact) mass is 264 g/mol. The van der Waals surface area contributed by atoms with Gasteiger partial charge in [0.1, 0.15) is 5.82 Å². The van der Waals surface area contributed by atoms with Crippen LogP contribution in [0.3, 0.4) is 0 Å². The summed E-state index contributed by atoms with van der Waals surface area (Å²) in [6.45, 7) is 5.16. The maximum absolute atomic E-state index is 6.10. The van der Waals surface area contributed by atoms with Crippen molar-refractivity contribution in [2.24, 2.45) is 24.1 Å². The third-order valence-electron chi connectivity index (χ3n) is 4.56. The van der Waals surface area contributed by atoms with Crippen LogP contribution in [0, 0.1) is 11.3 Å². The van der Waals surface area contributed by atoms with Crippen LogP contribution in [-0.2, 0) is 13.6 Å². The summed E-state index contributed by atoms with van der Waals surface area (Å²) in [7, 11) is 4.24. The average molecular weight is 264 g/mol. The summed E-state index contributed by atoms with van der Waals surface area (Å²) in [6, 6.07) is 0. The number of hydrogen-bond acceptors (Lipinski definition) is 3. The molecule has 0 saturated heterocycles. The molecule has 2 atom stereocenters. The largest absolute Gasteiger partial charge is 0.337 e. The van der Waals surface area contributed by atoms with Gasteiger partial charge in [-0.2, -0.15) is 0 Å². The topological polar surface area (TPSA) is 47.1 Å². The SMILES string of the molecule is CC1CCCC(CN)(CN(C)Cc2nccn2C)C1. The lowest BCUT2D eigenvalue weighted by Crippen LogP contribution is -2.44. The standard InChI is InChI=1S/C15H28N4/c1-13-5-4-6-15(9-13,11-16)12-18(2)10-14-17-7-8-19(14)3/h7-8,13H,4-6,9-12,16H2,1-3H3. The number of hydrogen-bond donors (Lipinski definition) is 1. The van der Waals surface area contributed by atoms with Crippen LogP contribution >= 0.6 is 0 Å². The first-order valence-electron chi connectivity index (χ1n) is 7.39. The molecule has 1 heterocycles. The Morgan fingerprint density at radius 1 is 1.58 bits per heavy atom. The molecule has 1 aliphatic rings. The normalized spacial score (nSPS) is 27.9. The summed E-state index contributed by atoms with van der Waals surface area (Å²) in [5.74, 6) is 1.94. The van der Waals surface area contributed by atoms with Crippen molar-refractivity contribution in [2.75, 3.05) is 20.1 Å². The van der Waals surface area contributed by atoms with E-state index < -0.39 is 0 Å². The fourth-order valence-electron chi connectivity index (χ4n) is 3.58. The predicted octanol–water partition coefficient (Wildman–Crippen LogP) is 2.01. The lowest BCUT2D eigenvalue weighted by molar-refractivity contribution is 0.0966. The third kappa shape index (κ3) is 3.57. The smallest absolute Gasteiger partial charge is 0.122 e. The van der Waals surface area contributed by atoms with E-state index in [9.17, 15) is 0 Å². The molecule has 2 unspecified atom stereocenters. The lowest BCUT2D eigenvalue weighted by atomic mass is 9.70. The van der Waals surface area contributed by atoms with Gasteiger partial charge in [0.25, 0.3) is 0 Å². The molecule has 0 spiro atoms. The maximum Gasteiger partial charge on any atom is 0.122 e. The summed E-state index contributed by atoms with van der Waals surface area (Å²) < 4.78 is 2.09. The van der Waals surface area contributed by atoms with Gasteiger partial charge in [0.15, 0.2) is 0 Å². The van der Waals surface area contributed by atoms with Gasteiger partial charge in [0.2, 0.25) is 0 Å². The van der Waals surface area contributed by atoms with Crippen LogP contribution in [0.2, 0.25) is 0 Å². The van der Waals surface area contributed by atoms with Gasteiger partial charge in [0.05, 0.1) is 6.54 Å². The summed E-state index contributed by atoms with van der Waals surface area (Å²) >= 11 is 0. The quantitative estimate of drug-likeness (QED) is 0.885. The van der Waals surface area contributed by atoms with E-state index in [-0.39, 0.29) is 0 Å². The van der Waals surface area contributed by atoms with Gasteiger partial charge in [-0.15, -0.1) is 0 Å². The van der Waals surface area contributed by atoms with Crippen molar-refractivity contribution in [3.05, 3.63) is 18.2 Å². The number of nitrogens with two attached hydrogens (primary N) is 1. The molecule has 1 fully saturated rings. The van der Waals surface area contributed by atoms with Crippen LogP contribution in [0.1, 0.15) is 38.4 Å². The maximum atomic E-state index is 6.10. The fraction of sp³-hybridized carbons (Fsp3) is 0.800. The molecule has 4 nitrogen and oxygen atoms in total. The van der Waals surface area contributed by atoms with E-state index in [1.807, 2.05) is 12.4 Å². The second-order valence-electron chi connectivity index (χ2n) is 6.53. The highest BCUT2D eigenvalue weighted by Gasteiger charge is 2.34. The van der Waals surface area contributed by atoms with Crippen molar-refractivity contribution in [3.63, 3.8) is 0 Å². The fourth-order valence-corrected chi connectivity index (χ4v) is 3.58. The van der Waals surface area contributed by atoms with Gasteiger partial charge >= 0.3 is 0 Å². The van der Waals surface area contributed by atoms with Crippen LogP contribution in [-0.4, -0.2) is 34.6 Å². The van der Waals surface area contributed by atoms with E-state index in [4.69, 9.17) is 5.73 Å². The minimum atomic E-state index is 0.317. The van der Waals surface area contributed by atoms with Crippen molar-refractivity contribution in [2.45, 2.75) is 39.2 Å². The molecule has 4 heteroatoms. The van der Waals surface area contributed by atoms with E-state index in [0.717, 1.165) is 31.4 Å². The zero-order chi connectivity index (χ0) is 13.9. The second kappa shape index (κ2) is 6.06. The van der Waals surface area contributed by atoms with Crippen LogP contribution in [0.5, 0.6) is 0 Å². The van der Waals surface area contributed by atoms with Crippen LogP contribution in [0.15, 0.2) is 12.4 Å². The molecule has 2 rings (SSSR count). The predicted molar refractivity (Wildman–Crippen MR) is 78.7 cm³/mol. The van der Waals surface area contributed by atoms with Crippen molar-refractivity contribution in [1.82, 2.24) is 14.5 Å². The second-order valence-corrected chi connectivity index (χ2v) is 6.53. The summed E-state index contributed by atoms with van der Waals surface area (Å²) in [5, 5.41) is 0. The summed E-state index contributed by atoms with van der Waals surface area (Å²) in [4.78, 5) is 6.78. The highest BCUT2D eigenvalue weighted by molar-refractivity contribution is 4.93. The van der Waals surface area contributed by atoms with Crippen molar-refractivity contribution in [1.29, 1.82) is 0 Å². The van der Waals surface area contributed by atoms with E-state index in [0.29, 0.717) is 5.41 Å². The van der Waals surface area contributed by atoms with Gasteiger partial charge in [-0.25, -0.2) is 4.98 Å². The van der Waals surface area contributed by atoms with Crippen molar-refractivity contribution < 1.29 is 0 Å². The minimum Gasteiger partial charge on any atom is -0.337 e. The molecule has 1 aromatic rings. The highest BCUT2D eigenvalue weighted by atomic mass is 15.2. The van der Waals surface area contributed by atoms with Gasteiger partial charge in [-0.3, -0.25) is 4.90 Å². The van der Waals surface area contributed by atoms with Gasteiger partial charge < -0.3 is 10.3 Å². The average Bonchev–Trinajstić information content (AvgIpc) is 2.75. The summed E-state index contributed by atoms with van der Waals surface area (Å²) in [6.07, 6.45) is 9.11. The van der Waals surface area contributed by atoms with E-state index in [1.54, 1.807) is 0 Å². The van der Waals surface area contributed by atoms with E-state index in [2.05, 4.69) is 35.5 Å². The van der Waals surface area contributed by atoms with Gasteiger partial charge in [-0.05, 0) is 37.8 Å². The Bertz CT molecular complexity index is 401. The Hall–Kier alpha value is -0.870. The van der Waals surface area contributed by atoms with E-state index in [1.165, 1.54) is 25.7 Å². The Balaban J connectivity index is 1.96. The molecule has 1 aromatic heterocycles. The number of aryl methyl sites for hydroxylation is 1. The number of nitrogens with zero attached hydrogens (tertiary/aromatic N) is 3. The molecular weight excluding hydrogens is 236 g/mol. The highest BCUT2D eigenvalue weighted by Crippen LogP contribution is 2.39. The van der Waals surface area contributed by atoms with E-state index >= 15 is 0 Å². The summed E-state index contributed by atoms with van der Waals surface area (Å²) in [5.41, 5.74) is 6.42. The van der Waals surface area contributed by atoms with Crippen LogP contribution < -0.4 is 5.73 Å². The Labute approximate surface area is 117 Å². The first kappa shape index (κ1) is 14.5. The molecule has 19 heavy (non-hydrogen) atoms. The molecule has 1 saturated carbocycles. The lowest BCUT2D eigenvalue weighted by Gasteiger charge is -2.41. The Kier molecular flexibility index (Phi) is 4.63. The molecule has 0 radical (unpaired) electrons. The molecule has 0 amide bonds. The van der Waals surface area contributed by atoms with Crippen LogP contribution in [0.25, 0.3) is 0 Å². The van der Waals surface area contributed by atoms with Gasteiger partial charge in [0, 0.05) is 26.0 Å². The zero-order valence-electron chi connectivity index (χ0n) is 12.6.